The summed E-state index contributed by atoms with van der Waals surface area (Å²) in [5, 5.41) is 0. The van der Waals surface area contributed by atoms with Crippen molar-refractivity contribution in [3.63, 3.8) is 0 Å². The fourth-order valence-corrected chi connectivity index (χ4v) is 5.87. The van der Waals surface area contributed by atoms with E-state index in [0.29, 0.717) is 37.7 Å². The van der Waals surface area contributed by atoms with Gasteiger partial charge in [0.2, 0.25) is 0 Å². The molecule has 0 radical (unpaired) electrons. The molecule has 0 saturated carbocycles. The molecule has 9 nitrogen and oxygen atoms in total. The standard InChI is InChI=1S/C31H32N2O7.2K.2H/c1-19-9-11-25(21-5-3-7-27-23(21)13-15-37-27)32(17-19)29(34)39-31(36)40-30(35)33-18-20(2)10-12-26(33)22-6-4-8-28-24(22)14-16-38-28;;;;/h3-8,11-12,19-20H,9-10,13-18H2,1-2H3;;;;/q;2*+1;2*-1/t19-,20-;;;;/m0..../s1. The quantitative estimate of drug-likeness (QED) is 0.269. The zero-order valence-corrected chi connectivity index (χ0v) is 30.9. The molecule has 0 saturated heterocycles. The average molecular weight is 625 g/mol. The third-order valence-electron chi connectivity index (χ3n) is 7.82. The summed E-state index contributed by atoms with van der Waals surface area (Å²) in [7, 11) is 0. The third kappa shape index (κ3) is 7.11. The van der Waals surface area contributed by atoms with Gasteiger partial charge in [0.25, 0.3) is 0 Å². The monoisotopic (exact) mass is 624 g/mol. The molecular weight excluding hydrogens is 591 g/mol. The summed E-state index contributed by atoms with van der Waals surface area (Å²) in [5.74, 6) is 1.93. The average Bonchev–Trinajstić information content (AvgIpc) is 3.62. The van der Waals surface area contributed by atoms with Gasteiger partial charge >= 0.3 is 121 Å². The molecule has 212 valence electrons. The second-order valence-electron chi connectivity index (χ2n) is 10.8. The topological polar surface area (TPSA) is 94.6 Å². The third-order valence-corrected chi connectivity index (χ3v) is 7.82. The van der Waals surface area contributed by atoms with Gasteiger partial charge in [-0.05, 0) is 36.8 Å². The summed E-state index contributed by atoms with van der Waals surface area (Å²) in [5.41, 5.74) is 5.13. The van der Waals surface area contributed by atoms with E-state index < -0.39 is 18.3 Å². The number of hydrogen-bond acceptors (Lipinski definition) is 7. The zero-order valence-electron chi connectivity index (χ0n) is 26.7. The first-order valence-electron chi connectivity index (χ1n) is 13.8. The summed E-state index contributed by atoms with van der Waals surface area (Å²) < 4.78 is 21.6. The minimum atomic E-state index is -1.35. The molecule has 0 aromatic heterocycles. The second kappa shape index (κ2) is 14.9. The second-order valence-corrected chi connectivity index (χ2v) is 10.8. The van der Waals surface area contributed by atoms with Gasteiger partial charge in [-0.15, -0.1) is 0 Å². The van der Waals surface area contributed by atoms with Crippen LogP contribution in [0.25, 0.3) is 11.4 Å². The molecule has 2 amide bonds. The summed E-state index contributed by atoms with van der Waals surface area (Å²) in [6.07, 6.45) is 3.88. The number of allylic oxidation sites excluding steroid dienone is 2. The van der Waals surface area contributed by atoms with E-state index in [1.165, 1.54) is 9.80 Å². The Bertz CT molecular complexity index is 1350. The molecule has 0 unspecified atom stereocenters. The van der Waals surface area contributed by atoms with Crippen LogP contribution in [-0.2, 0) is 22.3 Å². The first kappa shape index (κ1) is 33.9. The molecule has 0 aliphatic carbocycles. The molecule has 2 atom stereocenters. The molecule has 0 spiro atoms. The van der Waals surface area contributed by atoms with Gasteiger partial charge < -0.3 is 21.8 Å². The fraction of sp³-hybridized carbons (Fsp3) is 0.387. The number of rotatable bonds is 2. The van der Waals surface area contributed by atoms with Crippen LogP contribution >= 0.6 is 0 Å². The van der Waals surface area contributed by atoms with Crippen molar-refractivity contribution < 1.29 is 139 Å². The molecule has 4 aliphatic rings. The number of amides is 2. The van der Waals surface area contributed by atoms with Crippen LogP contribution in [-0.4, -0.2) is 54.4 Å². The van der Waals surface area contributed by atoms with Crippen LogP contribution in [0.15, 0.2) is 48.6 Å². The van der Waals surface area contributed by atoms with Crippen molar-refractivity contribution in [1.29, 1.82) is 0 Å². The fourth-order valence-electron chi connectivity index (χ4n) is 5.87. The van der Waals surface area contributed by atoms with E-state index in [1.54, 1.807) is 0 Å². The number of ether oxygens (including phenoxy) is 4. The predicted octanol–water partition coefficient (Wildman–Crippen LogP) is 0.248. The minimum absolute atomic E-state index is 0. The summed E-state index contributed by atoms with van der Waals surface area (Å²) in [6, 6.07) is 11.5. The van der Waals surface area contributed by atoms with Crippen LogP contribution in [0.3, 0.4) is 0 Å². The van der Waals surface area contributed by atoms with Gasteiger partial charge in [-0.2, -0.15) is 0 Å². The number of fused-ring (bicyclic) bond motifs is 2. The molecular formula is C31H34K2N2O7. The van der Waals surface area contributed by atoms with Crippen LogP contribution in [0.4, 0.5) is 14.4 Å². The van der Waals surface area contributed by atoms with Crippen molar-refractivity contribution >= 4 is 29.7 Å². The predicted molar refractivity (Wildman–Crippen MR) is 149 cm³/mol. The number of carbonyl (C=O) groups excluding carboxylic acids is 3. The van der Waals surface area contributed by atoms with E-state index >= 15 is 0 Å². The summed E-state index contributed by atoms with van der Waals surface area (Å²) >= 11 is 0. The van der Waals surface area contributed by atoms with E-state index in [1.807, 2.05) is 62.4 Å². The Morgan fingerprint density at radius 2 is 1.17 bits per heavy atom. The molecule has 42 heavy (non-hydrogen) atoms. The van der Waals surface area contributed by atoms with Crippen molar-refractivity contribution in [1.82, 2.24) is 9.80 Å². The van der Waals surface area contributed by atoms with E-state index in [0.717, 1.165) is 59.4 Å². The maximum absolute atomic E-state index is 13.2. The van der Waals surface area contributed by atoms with Gasteiger partial charge in [0.05, 0.1) is 24.6 Å². The molecule has 0 fully saturated rings. The van der Waals surface area contributed by atoms with Crippen LogP contribution in [0.1, 0.15) is 51.8 Å². The molecule has 2 aromatic rings. The first-order valence-corrected chi connectivity index (χ1v) is 13.8. The number of nitrogens with zero attached hydrogens (tertiary/aromatic N) is 2. The van der Waals surface area contributed by atoms with Gasteiger partial charge in [0, 0.05) is 48.2 Å². The maximum atomic E-state index is 13.2. The summed E-state index contributed by atoms with van der Waals surface area (Å²) in [4.78, 5) is 42.1. The Morgan fingerprint density at radius 3 is 1.60 bits per heavy atom. The van der Waals surface area contributed by atoms with Crippen molar-refractivity contribution in [2.45, 2.75) is 39.5 Å². The molecule has 6 rings (SSSR count). The van der Waals surface area contributed by atoms with Crippen LogP contribution in [0.5, 0.6) is 11.5 Å². The summed E-state index contributed by atoms with van der Waals surface area (Å²) in [6.45, 7) is 5.94. The molecule has 4 heterocycles. The van der Waals surface area contributed by atoms with Crippen LogP contribution < -0.4 is 112 Å². The Labute approximate surface area is 333 Å². The Morgan fingerprint density at radius 1 is 0.738 bits per heavy atom. The van der Waals surface area contributed by atoms with Gasteiger partial charge in [-0.3, -0.25) is 9.80 Å². The van der Waals surface area contributed by atoms with E-state index in [9.17, 15) is 14.4 Å². The molecule has 2 aromatic carbocycles. The Hall–Kier alpha value is -0.997. The Kier molecular flexibility index (Phi) is 12.0. The van der Waals surface area contributed by atoms with E-state index in [-0.39, 0.29) is 117 Å². The van der Waals surface area contributed by atoms with Gasteiger partial charge in [-0.25, -0.2) is 14.4 Å². The van der Waals surface area contributed by atoms with Gasteiger partial charge in [-0.1, -0.05) is 50.3 Å². The van der Waals surface area contributed by atoms with Crippen molar-refractivity contribution in [2.75, 3.05) is 26.3 Å². The van der Waals surface area contributed by atoms with E-state index in [4.69, 9.17) is 18.9 Å². The first-order chi connectivity index (χ1) is 19.4. The maximum Gasteiger partial charge on any atom is 1.00 e. The number of carbonyl (C=O) groups is 3. The molecule has 0 bridgehead atoms. The Balaban J connectivity index is 0.00000169. The van der Waals surface area contributed by atoms with Crippen molar-refractivity contribution in [3.05, 3.63) is 70.8 Å². The SMILES string of the molecule is C[C@H]1CC=C(c2cccc3c2CCO3)N(C(=O)OC(=O)OC(=O)N2C[C@@H](C)CC=C2c2cccc3c2CCO3)C1.[H-].[H-].[K+].[K+]. The molecule has 11 heteroatoms. The smallest absolute Gasteiger partial charge is 1.00 e. The van der Waals surface area contributed by atoms with E-state index in [2.05, 4.69) is 0 Å². The number of benzene rings is 2. The minimum Gasteiger partial charge on any atom is -1.00 e. The zero-order chi connectivity index (χ0) is 27.8. The molecule has 4 aliphatic heterocycles. The van der Waals surface area contributed by atoms with Crippen LogP contribution in [0.2, 0.25) is 0 Å². The van der Waals surface area contributed by atoms with Crippen molar-refractivity contribution in [2.24, 2.45) is 11.8 Å². The van der Waals surface area contributed by atoms with Gasteiger partial charge in [0.1, 0.15) is 11.5 Å². The van der Waals surface area contributed by atoms with Crippen LogP contribution in [0, 0.1) is 11.8 Å². The largest absolute Gasteiger partial charge is 1.00 e. The van der Waals surface area contributed by atoms with Crippen molar-refractivity contribution in [3.8, 4) is 11.5 Å². The number of hydrogen-bond donors (Lipinski definition) is 0. The normalized spacial score (nSPS) is 20.3. The molecule has 0 N–H and O–H groups in total. The van der Waals surface area contributed by atoms with Gasteiger partial charge in [0.15, 0.2) is 0 Å².